The lowest BCUT2D eigenvalue weighted by Crippen LogP contribution is -2.22. The first-order chi connectivity index (χ1) is 43.9. The number of hydrogen-bond donors (Lipinski definition) is 6. The van der Waals surface area contributed by atoms with Crippen LogP contribution in [0.3, 0.4) is 0 Å². The second-order valence-electron chi connectivity index (χ2n) is 20.3. The van der Waals surface area contributed by atoms with Crippen molar-refractivity contribution in [3.63, 3.8) is 0 Å². The van der Waals surface area contributed by atoms with Crippen molar-refractivity contribution in [2.75, 3.05) is 30.1 Å². The summed E-state index contributed by atoms with van der Waals surface area (Å²) in [5.41, 5.74) is 6.98. The molecule has 0 fully saturated rings. The van der Waals surface area contributed by atoms with E-state index in [9.17, 15) is 44.4 Å². The normalized spacial score (nSPS) is 11.3. The van der Waals surface area contributed by atoms with Gasteiger partial charge < -0.3 is 25.1 Å². The number of methoxy groups -OCH3 is 1. The van der Waals surface area contributed by atoms with Crippen LogP contribution in [0.4, 0.5) is 17.1 Å². The smallest absolute Gasteiger partial charge is 0.262 e. The molecule has 6 heterocycles. The number of fused-ring (bicyclic) bond motifs is 2. The number of para-hydroxylation sites is 1. The summed E-state index contributed by atoms with van der Waals surface area (Å²) in [7, 11) is -8.29. The Morgan fingerprint density at radius 3 is 1.69 bits per heavy atom. The van der Waals surface area contributed by atoms with Crippen molar-refractivity contribution in [3.05, 3.63) is 242 Å². The lowest BCUT2D eigenvalue weighted by Gasteiger charge is -2.13. The highest BCUT2D eigenvalue weighted by atomic mass is 32.2. The third-order valence-electron chi connectivity index (χ3n) is 14.1. The van der Waals surface area contributed by atoms with E-state index in [1.54, 1.807) is 95.2 Å². The number of furan rings is 1. The summed E-state index contributed by atoms with van der Waals surface area (Å²) in [6, 6.07) is 48.1. The quantitative estimate of drug-likeness (QED) is 0.0556. The van der Waals surface area contributed by atoms with Gasteiger partial charge in [0.05, 0.1) is 72.1 Å². The van der Waals surface area contributed by atoms with Gasteiger partial charge in [0, 0.05) is 61.6 Å². The summed E-state index contributed by atoms with van der Waals surface area (Å²) >= 11 is 3.16. The third kappa shape index (κ3) is 15.4. The van der Waals surface area contributed by atoms with Crippen molar-refractivity contribution in [1.29, 1.82) is 0 Å². The number of aromatic nitrogens is 4. The Morgan fingerprint density at radius 1 is 0.602 bits per heavy atom. The molecule has 0 atom stereocenters. The fraction of sp³-hybridized carbons (Fsp3) is 0.0909. The Labute approximate surface area is 543 Å². The molecule has 0 spiro atoms. The van der Waals surface area contributed by atoms with Gasteiger partial charge in [-0.05, 0) is 160 Å². The van der Waals surface area contributed by atoms with Gasteiger partial charge in [0.1, 0.15) is 11.4 Å². The van der Waals surface area contributed by atoms with Crippen LogP contribution in [0.25, 0.3) is 55.1 Å². The van der Waals surface area contributed by atoms with Gasteiger partial charge in [-0.1, -0.05) is 56.0 Å². The Morgan fingerprint density at radius 2 is 1.15 bits per heavy atom. The molecular weight excluding hydrogens is 1290 g/mol. The highest BCUT2D eigenvalue weighted by Gasteiger charge is 2.23. The van der Waals surface area contributed by atoms with Crippen molar-refractivity contribution in [3.8, 4) is 39.0 Å². The zero-order valence-electron chi connectivity index (χ0n) is 49.4. The van der Waals surface area contributed by atoms with Crippen LogP contribution in [0, 0.1) is 20.8 Å². The van der Waals surface area contributed by atoms with Crippen molar-refractivity contribution in [2.45, 2.75) is 42.9 Å². The molecule has 0 bridgehead atoms. The van der Waals surface area contributed by atoms with Gasteiger partial charge >= 0.3 is 0 Å². The molecule has 0 saturated carbocycles. The topological polar surface area (TPSA) is 329 Å². The molecule has 476 valence electrons. The molecule has 0 aliphatic rings. The fourth-order valence-corrected chi connectivity index (χ4v) is 13.0. The largest absolute Gasteiger partial charge is 0.497 e. The second-order valence-corrected chi connectivity index (χ2v) is 27.7. The summed E-state index contributed by atoms with van der Waals surface area (Å²) in [6.45, 7) is 5.91. The van der Waals surface area contributed by atoms with Gasteiger partial charge in [-0.15, -0.1) is 22.7 Å². The molecule has 0 unspecified atom stereocenters. The number of nitrogens with two attached hydrogens (primary N) is 2. The molecule has 22 nitrogen and oxygen atoms in total. The number of anilines is 3. The van der Waals surface area contributed by atoms with Gasteiger partial charge in [0.25, 0.3) is 23.3 Å². The number of sulfonamides is 3. The number of ether oxygens (including phenoxy) is 1. The maximum Gasteiger partial charge on any atom is 0.262 e. The van der Waals surface area contributed by atoms with Crippen molar-refractivity contribution in [2.24, 2.45) is 10.3 Å². The summed E-state index contributed by atoms with van der Waals surface area (Å²) in [6.07, 6.45) is 4.74. The van der Waals surface area contributed by atoms with Crippen LogP contribution in [0.15, 0.2) is 224 Å². The Balaban J connectivity index is 0.000000164. The van der Waals surface area contributed by atoms with Gasteiger partial charge in [0.15, 0.2) is 0 Å². The number of benzene rings is 6. The Hall–Kier alpha value is -10.2. The summed E-state index contributed by atoms with van der Waals surface area (Å²) in [4.78, 5) is 60.2. The van der Waals surface area contributed by atoms with E-state index >= 15 is 0 Å². The number of nitrogens with zero attached hydrogens (tertiary/aromatic N) is 4. The predicted octanol–water partition coefficient (Wildman–Crippen LogP) is 11.7. The van der Waals surface area contributed by atoms with Crippen LogP contribution in [0.1, 0.15) is 53.8 Å². The molecule has 0 radical (unpaired) electrons. The number of nitrogens with one attached hydrogen (secondary N) is 4. The first-order valence-corrected chi connectivity index (χ1v) is 33.8. The lowest BCUT2D eigenvalue weighted by molar-refractivity contribution is 0.101. The van der Waals surface area contributed by atoms with Crippen molar-refractivity contribution in [1.82, 2.24) is 24.1 Å². The van der Waals surface area contributed by atoms with E-state index in [-0.39, 0.29) is 45.1 Å². The Bertz CT molecular complexity index is 5170. The van der Waals surface area contributed by atoms with E-state index in [4.69, 9.17) is 19.4 Å². The van der Waals surface area contributed by atoms with E-state index < -0.39 is 36.0 Å². The molecule has 12 rings (SSSR count). The van der Waals surface area contributed by atoms with Gasteiger partial charge in [-0.3, -0.25) is 23.7 Å². The predicted molar refractivity (Wildman–Crippen MR) is 363 cm³/mol. The molecular formula is C66H60N10O12S5. The maximum absolute atomic E-state index is 13.2. The van der Waals surface area contributed by atoms with Crippen molar-refractivity contribution >= 4 is 109 Å². The summed E-state index contributed by atoms with van der Waals surface area (Å²) < 4.78 is 85.6. The van der Waals surface area contributed by atoms with Crippen LogP contribution in [-0.4, -0.2) is 76.5 Å². The molecule has 6 aromatic heterocycles. The van der Waals surface area contributed by atoms with E-state index in [0.29, 0.717) is 72.9 Å². The van der Waals surface area contributed by atoms with Gasteiger partial charge in [0.2, 0.25) is 35.8 Å². The van der Waals surface area contributed by atoms with Gasteiger partial charge in [-0.2, -0.15) is 5.10 Å². The maximum atomic E-state index is 13.2. The number of aryl methyl sites for hydroxylation is 3. The number of pyridine rings is 2. The standard InChI is InChI=1S/C23H19N3O5S.C22H21N3O4S2.C20H16N4O3S2.CH4/c1-31-17-6-4-5-16(13-17)26-14-21(19-7-2-3-8-20(19)23(26)28)22(27)25-15-9-11-18(12-10-15)32(24,29)30;1-12-11-29-22-20(12)18(10-19(25-22)17-9-13(2)30-14(17)3)21(26)24-15-5-7-16(8-6-15)31(27,28)23-4;21-29(26,27)16-10-8-14(9-11-16)22-20(25)17-13-24(15-5-2-1-3-6-15)23-19(17)18-7-4-12-28-18;/h2-14H,1H3,(H,25,27)(H2,24,29,30);5-11,23H,1-4H3,(H,24,26);1-13H,(H,22,25)(H2,21,26,27);1H4. The molecule has 0 saturated heterocycles. The Kier molecular flexibility index (Phi) is 20.3. The minimum Gasteiger partial charge on any atom is -0.497 e. The average Bonchev–Trinajstić information content (AvgIpc) is 1.81. The summed E-state index contributed by atoms with van der Waals surface area (Å²) in [5.74, 6) is -0.560. The lowest BCUT2D eigenvalue weighted by atomic mass is 10.0. The zero-order chi connectivity index (χ0) is 65.6. The molecule has 8 N–H and O–H groups in total. The number of rotatable bonds is 15. The molecule has 0 aliphatic heterocycles. The first-order valence-electron chi connectivity index (χ1n) is 27.6. The van der Waals surface area contributed by atoms with E-state index in [0.717, 1.165) is 31.4 Å². The molecule has 0 aliphatic carbocycles. The highest BCUT2D eigenvalue weighted by molar-refractivity contribution is 7.89. The minimum atomic E-state index is -3.84. The molecule has 6 aromatic carbocycles. The summed E-state index contributed by atoms with van der Waals surface area (Å²) in [5, 5.41) is 26.6. The number of carbonyl (C=O) groups is 3. The molecule has 27 heteroatoms. The number of hydrogen-bond acceptors (Lipinski definition) is 16. The number of amides is 3. The van der Waals surface area contributed by atoms with Crippen molar-refractivity contribution < 1.29 is 48.8 Å². The fourth-order valence-electron chi connectivity index (χ4n) is 9.55. The van der Waals surface area contributed by atoms with Crippen LogP contribution in [-0.2, 0) is 30.1 Å². The second kappa shape index (κ2) is 28.1. The van der Waals surface area contributed by atoms with Crippen LogP contribution < -0.4 is 41.2 Å². The first kappa shape index (κ1) is 67.2. The highest BCUT2D eigenvalue weighted by Crippen LogP contribution is 2.35. The molecule has 93 heavy (non-hydrogen) atoms. The SMILES string of the molecule is C.CNS(=O)(=O)c1ccc(NC(=O)c2cc(-c3cc(C)sc3C)nc3occ(C)c23)cc1.COc1cccc(-n2cc(C(=O)Nc3ccc(S(N)(=O)=O)cc3)c3ccccc3c2=O)c1.NS(=O)(=O)c1ccc(NC(=O)c2cn(-c3ccccc3)nc2-c2cccs2)cc1. The monoisotopic (exact) mass is 1340 g/mol. The number of thiophene rings is 2. The van der Waals surface area contributed by atoms with Crippen LogP contribution in [0.5, 0.6) is 5.75 Å². The third-order valence-corrected chi connectivity index (χ3v) is 19.2. The number of primary sulfonamides is 2. The van der Waals surface area contributed by atoms with Crippen LogP contribution >= 0.6 is 22.7 Å². The van der Waals surface area contributed by atoms with E-state index in [1.807, 2.05) is 74.7 Å². The van der Waals surface area contributed by atoms with Crippen LogP contribution in [0.2, 0.25) is 0 Å². The zero-order valence-corrected chi connectivity index (χ0v) is 53.5. The molecule has 12 aromatic rings. The minimum absolute atomic E-state index is 0. The average molecular weight is 1350 g/mol. The van der Waals surface area contributed by atoms with E-state index in [2.05, 4.69) is 30.8 Å². The molecule has 3 amide bonds. The number of carbonyl (C=O) groups excluding carboxylic acids is 3. The van der Waals surface area contributed by atoms with Gasteiger partial charge in [-0.25, -0.2) is 49.9 Å². The van der Waals surface area contributed by atoms with E-state index in [1.165, 1.54) is 96.9 Å².